The van der Waals surface area contributed by atoms with E-state index in [1.54, 1.807) is 12.1 Å². The zero-order chi connectivity index (χ0) is 15.9. The zero-order valence-corrected chi connectivity index (χ0v) is 12.7. The van der Waals surface area contributed by atoms with E-state index < -0.39 is 6.36 Å². The largest absolute Gasteiger partial charge is 0.573 e. The first kappa shape index (κ1) is 17.8. The van der Waals surface area contributed by atoms with Crippen LogP contribution in [0.25, 0.3) is 0 Å². The third kappa shape index (κ3) is 7.34. The van der Waals surface area contributed by atoms with Crippen LogP contribution in [0.5, 0.6) is 5.75 Å². The molecule has 0 aliphatic rings. The van der Waals surface area contributed by atoms with E-state index in [1.807, 2.05) is 0 Å². The van der Waals surface area contributed by atoms with Crippen LogP contribution in [0.1, 0.15) is 26.3 Å². The molecule has 21 heavy (non-hydrogen) atoms. The predicted molar refractivity (Wildman–Crippen MR) is 77.2 cm³/mol. The molecule has 1 aromatic carbocycles. The van der Waals surface area contributed by atoms with Gasteiger partial charge < -0.3 is 15.0 Å². The van der Waals surface area contributed by atoms with Gasteiger partial charge in [0.2, 0.25) is 0 Å². The maximum atomic E-state index is 12.0. The number of alkyl halides is 3. The summed E-state index contributed by atoms with van der Waals surface area (Å²) in [5.41, 5.74) is 0.927. The smallest absolute Gasteiger partial charge is 0.406 e. The van der Waals surface area contributed by atoms with E-state index in [2.05, 4.69) is 35.7 Å². The topological polar surface area (TPSA) is 24.5 Å². The zero-order valence-electron chi connectivity index (χ0n) is 12.7. The molecule has 0 heterocycles. The number of hydrogen-bond acceptors (Lipinski definition) is 3. The van der Waals surface area contributed by atoms with E-state index in [9.17, 15) is 13.2 Å². The summed E-state index contributed by atoms with van der Waals surface area (Å²) in [5, 5.41) is 3.36. The molecular weight excluding hydrogens is 281 g/mol. The lowest BCUT2D eigenvalue weighted by atomic mass is 10.2. The van der Waals surface area contributed by atoms with Crippen LogP contribution in [0.3, 0.4) is 0 Å². The monoisotopic (exact) mass is 304 g/mol. The quantitative estimate of drug-likeness (QED) is 0.796. The molecule has 120 valence electrons. The Hall–Kier alpha value is -1.27. The fourth-order valence-electron chi connectivity index (χ4n) is 2.03. The first-order valence-corrected chi connectivity index (χ1v) is 7.14. The molecule has 0 saturated carbocycles. The Bertz CT molecular complexity index is 402. The predicted octanol–water partition coefficient (Wildman–Crippen LogP) is 3.41. The average molecular weight is 304 g/mol. The minimum atomic E-state index is -4.64. The van der Waals surface area contributed by atoms with Gasteiger partial charge in [-0.3, -0.25) is 0 Å². The summed E-state index contributed by atoms with van der Waals surface area (Å²) in [6.07, 6.45) is -4.64. The van der Waals surface area contributed by atoms with Crippen LogP contribution in [-0.4, -0.2) is 36.9 Å². The maximum Gasteiger partial charge on any atom is 0.573 e. The van der Waals surface area contributed by atoms with Gasteiger partial charge in [-0.05, 0) is 37.7 Å². The Kier molecular flexibility index (Phi) is 6.98. The number of halogens is 3. The summed E-state index contributed by atoms with van der Waals surface area (Å²) < 4.78 is 40.0. The molecule has 0 radical (unpaired) electrons. The molecule has 1 aromatic rings. The summed E-state index contributed by atoms with van der Waals surface area (Å²) >= 11 is 0. The maximum absolute atomic E-state index is 12.0. The third-order valence-electron chi connectivity index (χ3n) is 3.24. The van der Waals surface area contributed by atoms with Crippen LogP contribution < -0.4 is 10.1 Å². The first-order chi connectivity index (χ1) is 9.84. The van der Waals surface area contributed by atoms with Crippen LogP contribution in [0.2, 0.25) is 0 Å². The van der Waals surface area contributed by atoms with Gasteiger partial charge in [-0.2, -0.15) is 0 Å². The summed E-state index contributed by atoms with van der Waals surface area (Å²) in [7, 11) is 0. The number of ether oxygens (including phenoxy) is 1. The second kappa shape index (κ2) is 8.24. The van der Waals surface area contributed by atoms with Crippen LogP contribution in [0, 0.1) is 0 Å². The number of likely N-dealkylation sites (N-methyl/N-ethyl adjacent to an activating group) is 1. The van der Waals surface area contributed by atoms with Crippen LogP contribution in [0.4, 0.5) is 13.2 Å². The van der Waals surface area contributed by atoms with Gasteiger partial charge in [-0.1, -0.05) is 26.0 Å². The molecule has 0 bridgehead atoms. The molecule has 1 N–H and O–H groups in total. The highest BCUT2D eigenvalue weighted by molar-refractivity contribution is 5.27. The second-order valence-corrected chi connectivity index (χ2v) is 4.96. The van der Waals surface area contributed by atoms with Gasteiger partial charge in [-0.25, -0.2) is 0 Å². The van der Waals surface area contributed by atoms with Crippen molar-refractivity contribution in [3.8, 4) is 5.75 Å². The third-order valence-corrected chi connectivity index (χ3v) is 3.24. The normalized spacial score (nSPS) is 13.5. The number of hydrogen-bond donors (Lipinski definition) is 1. The highest BCUT2D eigenvalue weighted by Crippen LogP contribution is 2.22. The first-order valence-electron chi connectivity index (χ1n) is 7.14. The van der Waals surface area contributed by atoms with Crippen molar-refractivity contribution in [3.05, 3.63) is 29.8 Å². The Morgan fingerprint density at radius 2 is 1.71 bits per heavy atom. The molecule has 3 nitrogen and oxygen atoms in total. The molecule has 0 aliphatic heterocycles. The molecule has 0 aromatic heterocycles. The minimum Gasteiger partial charge on any atom is -0.406 e. The summed E-state index contributed by atoms with van der Waals surface area (Å²) in [6, 6.07) is 6.26. The van der Waals surface area contributed by atoms with Gasteiger partial charge in [-0.15, -0.1) is 13.2 Å². The number of rotatable bonds is 8. The van der Waals surface area contributed by atoms with E-state index in [0.29, 0.717) is 12.6 Å². The fourth-order valence-corrected chi connectivity index (χ4v) is 2.03. The number of nitrogens with one attached hydrogen (secondary N) is 1. The van der Waals surface area contributed by atoms with Gasteiger partial charge in [0.25, 0.3) is 0 Å². The lowest BCUT2D eigenvalue weighted by Crippen LogP contribution is -2.38. The number of nitrogens with zero attached hydrogens (tertiary/aromatic N) is 1. The molecule has 0 aliphatic carbocycles. The van der Waals surface area contributed by atoms with E-state index >= 15 is 0 Å². The molecule has 0 fully saturated rings. The van der Waals surface area contributed by atoms with Crippen molar-refractivity contribution in [2.24, 2.45) is 0 Å². The van der Waals surface area contributed by atoms with E-state index in [1.165, 1.54) is 12.1 Å². The van der Waals surface area contributed by atoms with Crippen molar-refractivity contribution in [2.45, 2.75) is 39.7 Å². The summed E-state index contributed by atoms with van der Waals surface area (Å²) in [5.74, 6) is -0.192. The summed E-state index contributed by atoms with van der Waals surface area (Å²) in [6.45, 7) is 9.92. The minimum absolute atomic E-state index is 0.192. The van der Waals surface area contributed by atoms with Crippen LogP contribution >= 0.6 is 0 Å². The van der Waals surface area contributed by atoms with E-state index in [-0.39, 0.29) is 5.75 Å². The van der Waals surface area contributed by atoms with Crippen molar-refractivity contribution in [3.63, 3.8) is 0 Å². The molecule has 0 saturated heterocycles. The van der Waals surface area contributed by atoms with Crippen molar-refractivity contribution >= 4 is 0 Å². The Morgan fingerprint density at radius 1 is 1.14 bits per heavy atom. The molecule has 1 unspecified atom stereocenters. The summed E-state index contributed by atoms with van der Waals surface area (Å²) in [4.78, 5) is 2.32. The lowest BCUT2D eigenvalue weighted by Gasteiger charge is -2.23. The Labute approximate surface area is 124 Å². The van der Waals surface area contributed by atoms with E-state index in [0.717, 1.165) is 25.2 Å². The molecular formula is C15H23F3N2O. The van der Waals surface area contributed by atoms with Crippen molar-refractivity contribution in [1.82, 2.24) is 10.2 Å². The standard InChI is InChI=1S/C15H23F3N2O/c1-4-20(5-2)11-12(3)19-10-13-6-8-14(9-7-13)21-15(16,17)18/h6-9,12,19H,4-5,10-11H2,1-3H3. The Balaban J connectivity index is 2.42. The van der Waals surface area contributed by atoms with Crippen molar-refractivity contribution in [1.29, 1.82) is 0 Å². The Morgan fingerprint density at radius 3 is 2.19 bits per heavy atom. The molecule has 0 amide bonds. The van der Waals surface area contributed by atoms with Crippen LogP contribution in [-0.2, 0) is 6.54 Å². The van der Waals surface area contributed by atoms with Gasteiger partial charge in [0.15, 0.2) is 0 Å². The highest BCUT2D eigenvalue weighted by Gasteiger charge is 2.30. The SMILES string of the molecule is CCN(CC)CC(C)NCc1ccc(OC(F)(F)F)cc1. The highest BCUT2D eigenvalue weighted by atomic mass is 19.4. The van der Waals surface area contributed by atoms with Crippen molar-refractivity contribution < 1.29 is 17.9 Å². The van der Waals surface area contributed by atoms with Crippen molar-refractivity contribution in [2.75, 3.05) is 19.6 Å². The molecule has 6 heteroatoms. The van der Waals surface area contributed by atoms with Gasteiger partial charge in [0.05, 0.1) is 0 Å². The van der Waals surface area contributed by atoms with E-state index in [4.69, 9.17) is 0 Å². The average Bonchev–Trinajstić information content (AvgIpc) is 2.42. The van der Waals surface area contributed by atoms with Gasteiger partial charge in [0, 0.05) is 19.1 Å². The second-order valence-electron chi connectivity index (χ2n) is 4.96. The van der Waals surface area contributed by atoms with Gasteiger partial charge >= 0.3 is 6.36 Å². The van der Waals surface area contributed by atoms with Gasteiger partial charge in [0.1, 0.15) is 5.75 Å². The molecule has 1 atom stereocenters. The fraction of sp³-hybridized carbons (Fsp3) is 0.600. The lowest BCUT2D eigenvalue weighted by molar-refractivity contribution is -0.274. The van der Waals surface area contributed by atoms with Crippen LogP contribution in [0.15, 0.2) is 24.3 Å². The molecule has 1 rings (SSSR count). The number of benzene rings is 1. The molecule has 0 spiro atoms.